The summed E-state index contributed by atoms with van der Waals surface area (Å²) in [6.07, 6.45) is 4.36. The number of amides is 2. The van der Waals surface area contributed by atoms with E-state index < -0.39 is 0 Å². The third-order valence-corrected chi connectivity index (χ3v) is 9.09. The summed E-state index contributed by atoms with van der Waals surface area (Å²) in [5, 5.41) is 5.25. The summed E-state index contributed by atoms with van der Waals surface area (Å²) in [5.74, 6) is 3.87. The summed E-state index contributed by atoms with van der Waals surface area (Å²) in [4.78, 5) is 40.8. The van der Waals surface area contributed by atoms with Gasteiger partial charge in [0.05, 0.1) is 5.52 Å². The van der Waals surface area contributed by atoms with Crippen LogP contribution in [0.1, 0.15) is 56.3 Å². The number of rotatable bonds is 8. The third kappa shape index (κ3) is 5.08. The van der Waals surface area contributed by atoms with E-state index >= 15 is 0 Å². The van der Waals surface area contributed by atoms with Gasteiger partial charge in [-0.1, -0.05) is 18.1 Å². The van der Waals surface area contributed by atoms with E-state index in [-0.39, 0.29) is 17.7 Å². The second-order valence-electron chi connectivity index (χ2n) is 12.5. The van der Waals surface area contributed by atoms with E-state index in [9.17, 15) is 9.59 Å². The third-order valence-electron chi connectivity index (χ3n) is 9.09. The number of aromatic nitrogens is 3. The Morgan fingerprint density at radius 1 is 0.953 bits per heavy atom. The van der Waals surface area contributed by atoms with Crippen LogP contribution in [0.25, 0.3) is 22.4 Å². The Kier molecular flexibility index (Phi) is 6.31. The number of pyridine rings is 1. The van der Waals surface area contributed by atoms with Gasteiger partial charge in [-0.25, -0.2) is 4.98 Å². The van der Waals surface area contributed by atoms with Crippen LogP contribution < -0.4 is 9.64 Å². The van der Waals surface area contributed by atoms with E-state index in [2.05, 4.69) is 29.1 Å². The molecular weight excluding hydrogens is 544 g/mol. The van der Waals surface area contributed by atoms with E-state index in [1.54, 1.807) is 0 Å². The molecule has 4 aromatic rings. The number of anilines is 1. The van der Waals surface area contributed by atoms with Crippen molar-refractivity contribution in [2.75, 3.05) is 31.1 Å². The first kappa shape index (κ1) is 26.2. The Morgan fingerprint density at radius 2 is 1.84 bits per heavy atom. The van der Waals surface area contributed by atoms with Crippen LogP contribution in [0.4, 0.5) is 5.82 Å². The second-order valence-corrected chi connectivity index (χ2v) is 12.5. The molecule has 2 aromatic carbocycles. The minimum absolute atomic E-state index is 0.0587. The minimum atomic E-state index is -0.0587. The van der Waals surface area contributed by atoms with E-state index in [0.29, 0.717) is 61.1 Å². The molecule has 4 fully saturated rings. The zero-order chi connectivity index (χ0) is 29.1. The van der Waals surface area contributed by atoms with E-state index in [1.807, 2.05) is 46.2 Å². The minimum Gasteiger partial charge on any atom is -0.457 e. The van der Waals surface area contributed by atoms with Gasteiger partial charge in [0.25, 0.3) is 5.89 Å². The molecule has 1 saturated carbocycles. The maximum Gasteiger partial charge on any atom is 0.258 e. The van der Waals surface area contributed by atoms with Gasteiger partial charge >= 0.3 is 0 Å². The van der Waals surface area contributed by atoms with Crippen LogP contribution in [0.5, 0.6) is 11.5 Å². The predicted octanol–water partition coefficient (Wildman–Crippen LogP) is 5.13. The molecule has 10 heteroatoms. The van der Waals surface area contributed by atoms with Crippen LogP contribution in [0, 0.1) is 5.92 Å². The Hall–Kier alpha value is -4.47. The van der Waals surface area contributed by atoms with Crippen molar-refractivity contribution >= 4 is 28.5 Å². The summed E-state index contributed by atoms with van der Waals surface area (Å²) in [5.41, 5.74) is 2.55. The van der Waals surface area contributed by atoms with Crippen LogP contribution in [-0.2, 0) is 16.1 Å². The van der Waals surface area contributed by atoms with Gasteiger partial charge in [0.15, 0.2) is 5.82 Å². The fourth-order valence-electron chi connectivity index (χ4n) is 6.41. The summed E-state index contributed by atoms with van der Waals surface area (Å²) < 4.78 is 12.2. The molecule has 5 heterocycles. The number of carbonyl (C=O) groups is 2. The molecule has 0 unspecified atom stereocenters. The molecule has 43 heavy (non-hydrogen) atoms. The molecule has 2 atom stereocenters. The molecule has 0 N–H and O–H groups in total. The van der Waals surface area contributed by atoms with E-state index in [1.165, 1.54) is 6.42 Å². The second kappa shape index (κ2) is 10.4. The maximum absolute atomic E-state index is 12.6. The molecule has 2 amide bonds. The van der Waals surface area contributed by atoms with Crippen molar-refractivity contribution in [3.05, 3.63) is 59.9 Å². The SMILES string of the molecule is C[C@H]1CC(=O)N(Cc2ccc(-c3nc([C@H]4CC(=O)N(C5CC5)C4)no3)cc2Oc2ccc3nc(N4CCC4)ccc3c2)C1. The molecule has 8 rings (SSSR count). The number of fused-ring (bicyclic) bond motifs is 1. The van der Waals surface area contributed by atoms with Gasteiger partial charge in [-0.2, -0.15) is 4.98 Å². The lowest BCUT2D eigenvalue weighted by Crippen LogP contribution is -2.37. The number of hydrogen-bond donors (Lipinski definition) is 0. The van der Waals surface area contributed by atoms with Crippen molar-refractivity contribution in [3.63, 3.8) is 0 Å². The first-order valence-electron chi connectivity index (χ1n) is 15.3. The van der Waals surface area contributed by atoms with Crippen molar-refractivity contribution in [1.29, 1.82) is 0 Å². The molecule has 10 nitrogen and oxygen atoms in total. The molecule has 3 saturated heterocycles. The van der Waals surface area contributed by atoms with Crippen LogP contribution in [0.2, 0.25) is 0 Å². The quantitative estimate of drug-likeness (QED) is 0.283. The standard InChI is InChI=1S/C33H34N6O4/c1-20-13-30(40)38(17-20)18-23-4-3-22(33-35-32(36-43-33)24-16-31(41)39(19-24)25-6-7-25)15-28(23)42-26-8-9-27-21(14-26)5-10-29(34-27)37-11-2-12-37/h3-5,8-10,14-15,20,24-25H,2,6-7,11-13,16-19H2,1H3/t20-,24-/m0/s1. The number of nitrogens with zero attached hydrogens (tertiary/aromatic N) is 6. The number of carbonyl (C=O) groups excluding carboxylic acids is 2. The lowest BCUT2D eigenvalue weighted by atomic mass is 10.1. The monoisotopic (exact) mass is 578 g/mol. The smallest absolute Gasteiger partial charge is 0.258 e. The van der Waals surface area contributed by atoms with Crippen molar-refractivity contribution in [3.8, 4) is 23.0 Å². The average Bonchev–Trinajstić information content (AvgIpc) is 3.40. The summed E-state index contributed by atoms with van der Waals surface area (Å²) in [7, 11) is 0. The predicted molar refractivity (Wildman–Crippen MR) is 160 cm³/mol. The topological polar surface area (TPSA) is 105 Å². The van der Waals surface area contributed by atoms with E-state index in [4.69, 9.17) is 19.2 Å². The van der Waals surface area contributed by atoms with Gasteiger partial charge in [0.2, 0.25) is 11.8 Å². The number of ether oxygens (including phenoxy) is 1. The van der Waals surface area contributed by atoms with Gasteiger partial charge in [-0.3, -0.25) is 9.59 Å². The van der Waals surface area contributed by atoms with Gasteiger partial charge < -0.3 is 24.0 Å². The molecule has 0 spiro atoms. The highest BCUT2D eigenvalue weighted by Crippen LogP contribution is 2.37. The lowest BCUT2D eigenvalue weighted by molar-refractivity contribution is -0.129. The van der Waals surface area contributed by atoms with Crippen molar-refractivity contribution in [2.45, 2.75) is 57.5 Å². The van der Waals surface area contributed by atoms with Gasteiger partial charge in [0, 0.05) is 74.0 Å². The van der Waals surface area contributed by atoms with Crippen LogP contribution in [0.15, 0.2) is 53.1 Å². The summed E-state index contributed by atoms with van der Waals surface area (Å²) in [6.45, 7) is 6.04. The first-order valence-corrected chi connectivity index (χ1v) is 15.3. The maximum atomic E-state index is 12.6. The highest BCUT2D eigenvalue weighted by atomic mass is 16.5. The highest BCUT2D eigenvalue weighted by molar-refractivity contribution is 5.82. The molecule has 3 aliphatic heterocycles. The Labute approximate surface area is 249 Å². The van der Waals surface area contributed by atoms with Gasteiger partial charge in [-0.15, -0.1) is 0 Å². The largest absolute Gasteiger partial charge is 0.457 e. The highest BCUT2D eigenvalue weighted by Gasteiger charge is 2.41. The Morgan fingerprint density at radius 3 is 2.60 bits per heavy atom. The van der Waals surface area contributed by atoms with Crippen molar-refractivity contribution < 1.29 is 18.8 Å². The van der Waals surface area contributed by atoms with Crippen molar-refractivity contribution in [1.82, 2.24) is 24.9 Å². The number of likely N-dealkylation sites (tertiary alicyclic amines) is 2. The molecule has 0 radical (unpaired) electrons. The van der Waals surface area contributed by atoms with Gasteiger partial charge in [0.1, 0.15) is 17.3 Å². The van der Waals surface area contributed by atoms with Gasteiger partial charge in [-0.05, 0) is 67.6 Å². The van der Waals surface area contributed by atoms with Crippen LogP contribution in [0.3, 0.4) is 0 Å². The lowest BCUT2D eigenvalue weighted by Gasteiger charge is -2.32. The summed E-state index contributed by atoms with van der Waals surface area (Å²) >= 11 is 0. The molecule has 4 aliphatic rings. The Bertz CT molecular complexity index is 1730. The Balaban J connectivity index is 1.08. The molecule has 2 aromatic heterocycles. The van der Waals surface area contributed by atoms with E-state index in [0.717, 1.165) is 60.3 Å². The summed E-state index contributed by atoms with van der Waals surface area (Å²) in [6, 6.07) is 16.3. The number of benzene rings is 2. The molecule has 1 aliphatic carbocycles. The molecule has 0 bridgehead atoms. The average molecular weight is 579 g/mol. The first-order chi connectivity index (χ1) is 21.0. The number of hydrogen-bond acceptors (Lipinski definition) is 8. The zero-order valence-electron chi connectivity index (χ0n) is 24.2. The van der Waals surface area contributed by atoms with Crippen LogP contribution >= 0.6 is 0 Å². The fraction of sp³-hybridized carbons (Fsp3) is 0.424. The van der Waals surface area contributed by atoms with Crippen LogP contribution in [-0.4, -0.2) is 69.0 Å². The zero-order valence-corrected chi connectivity index (χ0v) is 24.2. The fourth-order valence-corrected chi connectivity index (χ4v) is 6.41. The molecular formula is C33H34N6O4. The van der Waals surface area contributed by atoms with Crippen molar-refractivity contribution in [2.24, 2.45) is 5.92 Å². The normalized spacial score (nSPS) is 22.1. The molecule has 220 valence electrons.